The van der Waals surface area contributed by atoms with Crippen LogP contribution in [0.4, 0.5) is 5.69 Å². The van der Waals surface area contributed by atoms with Crippen molar-refractivity contribution in [3.05, 3.63) is 96.2 Å². The summed E-state index contributed by atoms with van der Waals surface area (Å²) in [7, 11) is 1.95. The number of anilines is 1. The minimum absolute atomic E-state index is 0.225. The number of carbonyl (C=O) groups excluding carboxylic acids is 2. The number of carbonyl (C=O) groups is 2. The number of aromatic nitrogens is 2. The van der Waals surface area contributed by atoms with Gasteiger partial charge in [-0.15, -0.1) is 0 Å². The Morgan fingerprint density at radius 1 is 1.06 bits per heavy atom. The minimum atomic E-state index is -0.640. The predicted molar refractivity (Wildman–Crippen MR) is 125 cm³/mol. The van der Waals surface area contributed by atoms with Gasteiger partial charge in [0.15, 0.2) is 10.9 Å². The number of hydrogen-bond donors (Lipinski definition) is 1. The average Bonchev–Trinajstić information content (AvgIpc) is 3.51. The number of hydrogen-bond acceptors (Lipinski definition) is 5. The lowest BCUT2D eigenvalue weighted by Crippen LogP contribution is -2.50. The number of benzene rings is 2. The molecule has 2 aromatic heterocycles. The van der Waals surface area contributed by atoms with Crippen molar-refractivity contribution in [1.29, 1.82) is 0 Å². The zero-order valence-corrected chi connectivity index (χ0v) is 18.8. The predicted octanol–water partition coefficient (Wildman–Crippen LogP) is 4.37. The van der Waals surface area contributed by atoms with E-state index in [0.717, 1.165) is 21.2 Å². The summed E-state index contributed by atoms with van der Waals surface area (Å²) in [6.07, 6.45) is 5.57. The molecular weight excluding hydrogens is 436 g/mol. The van der Waals surface area contributed by atoms with Crippen molar-refractivity contribution in [2.75, 3.05) is 5.32 Å². The molecule has 5 rings (SSSR count). The summed E-state index contributed by atoms with van der Waals surface area (Å²) in [5.74, 6) is -0.298. The molecule has 0 aliphatic carbocycles. The Labute approximate surface area is 195 Å². The van der Waals surface area contributed by atoms with Crippen LogP contribution in [0.1, 0.15) is 21.7 Å². The van der Waals surface area contributed by atoms with E-state index in [1.54, 1.807) is 35.0 Å². The van der Waals surface area contributed by atoms with E-state index in [1.165, 1.54) is 6.26 Å². The summed E-state index contributed by atoms with van der Waals surface area (Å²) in [6.45, 7) is 0.354. The molecule has 166 valence electrons. The van der Waals surface area contributed by atoms with E-state index in [2.05, 4.69) is 10.3 Å². The molecule has 0 saturated heterocycles. The van der Waals surface area contributed by atoms with Crippen LogP contribution in [-0.4, -0.2) is 32.3 Å². The number of amides is 2. The molecule has 1 N–H and O–H groups in total. The standard InChI is InChI=1S/C25H22N4O3S/c1-28-13-12-26-25(28)33-20-10-8-19(9-11-20)27-23(30)21-15-17-5-2-3-6-18(17)16-29(21)24(31)22-7-4-14-32-22/h2-14,21H,15-16H2,1H3,(H,27,30). The van der Waals surface area contributed by atoms with E-state index < -0.39 is 6.04 Å². The molecule has 0 radical (unpaired) electrons. The molecule has 7 nitrogen and oxygen atoms in total. The highest BCUT2D eigenvalue weighted by atomic mass is 32.2. The number of nitrogens with one attached hydrogen (secondary N) is 1. The van der Waals surface area contributed by atoms with Gasteiger partial charge in [0.25, 0.3) is 5.91 Å². The van der Waals surface area contributed by atoms with Crippen LogP contribution in [0, 0.1) is 0 Å². The van der Waals surface area contributed by atoms with Crippen molar-refractivity contribution in [3.63, 3.8) is 0 Å². The number of nitrogens with zero attached hydrogens (tertiary/aromatic N) is 3. The topological polar surface area (TPSA) is 80.4 Å². The van der Waals surface area contributed by atoms with Gasteiger partial charge in [-0.25, -0.2) is 4.98 Å². The number of imidazole rings is 1. The summed E-state index contributed by atoms with van der Waals surface area (Å²) >= 11 is 1.55. The van der Waals surface area contributed by atoms with E-state index in [0.29, 0.717) is 18.7 Å². The largest absolute Gasteiger partial charge is 0.459 e. The van der Waals surface area contributed by atoms with Crippen LogP contribution >= 0.6 is 11.8 Å². The molecule has 2 aromatic carbocycles. The number of fused-ring (bicyclic) bond motifs is 1. The van der Waals surface area contributed by atoms with Crippen LogP contribution < -0.4 is 5.32 Å². The number of aryl methyl sites for hydroxylation is 1. The Kier molecular flexibility index (Phi) is 5.75. The lowest BCUT2D eigenvalue weighted by molar-refractivity contribution is -0.121. The second-order valence-electron chi connectivity index (χ2n) is 7.84. The van der Waals surface area contributed by atoms with Gasteiger partial charge in [-0.2, -0.15) is 0 Å². The van der Waals surface area contributed by atoms with Gasteiger partial charge in [0.1, 0.15) is 6.04 Å². The summed E-state index contributed by atoms with van der Waals surface area (Å²) in [5, 5.41) is 3.87. The van der Waals surface area contributed by atoms with Gasteiger partial charge in [0.05, 0.1) is 6.26 Å². The van der Waals surface area contributed by atoms with Crippen LogP contribution in [0.2, 0.25) is 0 Å². The maximum atomic E-state index is 13.3. The molecule has 0 spiro atoms. The summed E-state index contributed by atoms with van der Waals surface area (Å²) < 4.78 is 7.27. The lowest BCUT2D eigenvalue weighted by atomic mass is 9.93. The van der Waals surface area contributed by atoms with Gasteiger partial charge in [-0.1, -0.05) is 36.0 Å². The van der Waals surface area contributed by atoms with E-state index in [4.69, 9.17) is 4.42 Å². The van der Waals surface area contributed by atoms with Gasteiger partial charge in [-0.3, -0.25) is 9.59 Å². The quantitative estimate of drug-likeness (QED) is 0.480. The van der Waals surface area contributed by atoms with E-state index in [-0.39, 0.29) is 17.6 Å². The molecule has 8 heteroatoms. The Balaban J connectivity index is 1.34. The third-order valence-electron chi connectivity index (χ3n) is 5.65. The minimum Gasteiger partial charge on any atom is -0.459 e. The van der Waals surface area contributed by atoms with Gasteiger partial charge >= 0.3 is 0 Å². The molecule has 3 heterocycles. The fourth-order valence-corrected chi connectivity index (χ4v) is 4.70. The van der Waals surface area contributed by atoms with E-state index >= 15 is 0 Å². The first-order chi connectivity index (χ1) is 16.1. The normalized spacial score (nSPS) is 15.2. The molecule has 4 aromatic rings. The van der Waals surface area contributed by atoms with Gasteiger partial charge < -0.3 is 19.2 Å². The summed E-state index contributed by atoms with van der Waals surface area (Å²) in [6, 6.07) is 18.2. The van der Waals surface area contributed by atoms with Gasteiger partial charge in [0, 0.05) is 43.0 Å². The van der Waals surface area contributed by atoms with Crippen molar-refractivity contribution >= 4 is 29.3 Å². The Hall–Kier alpha value is -3.78. The maximum absolute atomic E-state index is 13.3. The first-order valence-corrected chi connectivity index (χ1v) is 11.4. The first kappa shape index (κ1) is 21.1. The number of furan rings is 1. The molecule has 0 saturated carbocycles. The molecule has 1 unspecified atom stereocenters. The average molecular weight is 459 g/mol. The highest BCUT2D eigenvalue weighted by Crippen LogP contribution is 2.28. The highest BCUT2D eigenvalue weighted by Gasteiger charge is 2.36. The molecule has 33 heavy (non-hydrogen) atoms. The molecule has 0 fully saturated rings. The van der Waals surface area contributed by atoms with Crippen molar-refractivity contribution in [1.82, 2.24) is 14.5 Å². The number of rotatable bonds is 5. The third-order valence-corrected chi connectivity index (χ3v) is 6.74. The van der Waals surface area contributed by atoms with Gasteiger partial charge in [-0.05, 0) is 47.5 Å². The second kappa shape index (κ2) is 8.99. The molecule has 0 bridgehead atoms. The Bertz CT molecular complexity index is 1280. The van der Waals surface area contributed by atoms with Crippen molar-refractivity contribution < 1.29 is 14.0 Å². The van der Waals surface area contributed by atoms with Crippen LogP contribution in [0.5, 0.6) is 0 Å². The fraction of sp³-hybridized carbons (Fsp3) is 0.160. The maximum Gasteiger partial charge on any atom is 0.290 e. The smallest absolute Gasteiger partial charge is 0.290 e. The van der Waals surface area contributed by atoms with Crippen LogP contribution in [-0.2, 0) is 24.8 Å². The third kappa shape index (κ3) is 4.42. The molecule has 1 aliphatic heterocycles. The van der Waals surface area contributed by atoms with Gasteiger partial charge in [0.2, 0.25) is 5.91 Å². The van der Waals surface area contributed by atoms with E-state index in [9.17, 15) is 9.59 Å². The second-order valence-corrected chi connectivity index (χ2v) is 8.88. The monoisotopic (exact) mass is 458 g/mol. The Morgan fingerprint density at radius 3 is 2.55 bits per heavy atom. The van der Waals surface area contributed by atoms with Crippen LogP contribution in [0.15, 0.2) is 93.8 Å². The van der Waals surface area contributed by atoms with Crippen LogP contribution in [0.3, 0.4) is 0 Å². The Morgan fingerprint density at radius 2 is 1.85 bits per heavy atom. The van der Waals surface area contributed by atoms with Crippen LogP contribution in [0.25, 0.3) is 0 Å². The van der Waals surface area contributed by atoms with E-state index in [1.807, 2.05) is 66.3 Å². The first-order valence-electron chi connectivity index (χ1n) is 10.6. The zero-order chi connectivity index (χ0) is 22.8. The SMILES string of the molecule is Cn1ccnc1Sc1ccc(NC(=O)C2Cc3ccccc3CN2C(=O)c2ccco2)cc1. The fourth-order valence-electron chi connectivity index (χ4n) is 3.90. The molecule has 1 atom stereocenters. The molecule has 1 aliphatic rings. The molecule has 2 amide bonds. The summed E-state index contributed by atoms with van der Waals surface area (Å²) in [5.41, 5.74) is 2.79. The highest BCUT2D eigenvalue weighted by molar-refractivity contribution is 7.99. The van der Waals surface area contributed by atoms with Crippen molar-refractivity contribution in [2.24, 2.45) is 7.05 Å². The van der Waals surface area contributed by atoms with Crippen molar-refractivity contribution in [3.8, 4) is 0 Å². The summed E-state index contributed by atoms with van der Waals surface area (Å²) in [4.78, 5) is 33.3. The molecular formula is C25H22N4O3S. The zero-order valence-electron chi connectivity index (χ0n) is 18.0. The van der Waals surface area contributed by atoms with Crippen molar-refractivity contribution in [2.45, 2.75) is 29.1 Å². The lowest BCUT2D eigenvalue weighted by Gasteiger charge is -2.35.